The zero-order valence-corrected chi connectivity index (χ0v) is 9.79. The summed E-state index contributed by atoms with van der Waals surface area (Å²) < 4.78 is 6.85. The first-order valence-electron chi connectivity index (χ1n) is 5.69. The van der Waals surface area contributed by atoms with Gasteiger partial charge in [0.15, 0.2) is 17.7 Å². The second-order valence-corrected chi connectivity index (χ2v) is 4.31. The molecular weight excluding hydrogens is 264 g/mol. The molecule has 3 rings (SSSR count). The molecule has 0 saturated carbocycles. The first-order chi connectivity index (χ1) is 9.13. The highest BCUT2D eigenvalue weighted by molar-refractivity contribution is 5.81. The lowest BCUT2D eigenvalue weighted by molar-refractivity contribution is -0.0511. The summed E-state index contributed by atoms with van der Waals surface area (Å²) in [4.78, 5) is 11.9. The molecule has 1 saturated heterocycles. The van der Waals surface area contributed by atoms with Gasteiger partial charge in [0.2, 0.25) is 0 Å². The molecule has 0 radical (unpaired) electrons. The molecular formula is C10H13N5O4. The maximum absolute atomic E-state index is 9.95. The van der Waals surface area contributed by atoms with E-state index in [0.717, 1.165) is 0 Å². The number of aliphatic hydroxyl groups excluding tert-OH is 3. The molecule has 4 atom stereocenters. The van der Waals surface area contributed by atoms with E-state index in [2.05, 4.69) is 15.0 Å². The second kappa shape index (κ2) is 4.38. The Labute approximate surface area is 107 Å². The van der Waals surface area contributed by atoms with E-state index in [1.807, 2.05) is 0 Å². The van der Waals surface area contributed by atoms with E-state index in [1.165, 1.54) is 17.2 Å². The maximum atomic E-state index is 9.95. The van der Waals surface area contributed by atoms with Gasteiger partial charge in [-0.25, -0.2) is 15.0 Å². The van der Waals surface area contributed by atoms with Gasteiger partial charge in [0.1, 0.15) is 30.2 Å². The predicted molar refractivity (Wildman–Crippen MR) is 62.7 cm³/mol. The number of nitrogens with zero attached hydrogens (tertiary/aromatic N) is 4. The maximum Gasteiger partial charge on any atom is 0.167 e. The lowest BCUT2D eigenvalue weighted by Crippen LogP contribution is -2.33. The number of fused-ring (bicyclic) bond motifs is 1. The Bertz CT molecular complexity index is 603. The summed E-state index contributed by atoms with van der Waals surface area (Å²) in [5.74, 6) is 0.218. The number of anilines is 1. The molecule has 1 aliphatic rings. The van der Waals surface area contributed by atoms with E-state index in [-0.39, 0.29) is 5.82 Å². The van der Waals surface area contributed by atoms with Gasteiger partial charge in [0.05, 0.1) is 12.9 Å². The predicted octanol–water partition coefficient (Wildman–Crippen LogP) is -1.98. The smallest absolute Gasteiger partial charge is 0.167 e. The van der Waals surface area contributed by atoms with Crippen molar-refractivity contribution < 1.29 is 20.1 Å². The Morgan fingerprint density at radius 1 is 1.26 bits per heavy atom. The van der Waals surface area contributed by atoms with E-state index in [1.54, 1.807) is 0 Å². The first kappa shape index (κ1) is 12.2. The normalized spacial score (nSPS) is 31.1. The Hall–Kier alpha value is -1.81. The zero-order valence-electron chi connectivity index (χ0n) is 9.79. The van der Waals surface area contributed by atoms with Gasteiger partial charge < -0.3 is 25.8 Å². The minimum absolute atomic E-state index is 0.218. The van der Waals surface area contributed by atoms with Crippen molar-refractivity contribution in [1.82, 2.24) is 19.5 Å². The molecule has 0 amide bonds. The topological polar surface area (TPSA) is 140 Å². The SMILES string of the molecule is N[13c]1n[13cH]n[13c]2[13c]1n[13cH]n2[13C@@H]1O[13C@H]([13CH2]O)[13CH](O)[13C@@H]1O. The van der Waals surface area contributed by atoms with Gasteiger partial charge in [0, 0.05) is 0 Å². The van der Waals surface area contributed by atoms with Crippen molar-refractivity contribution in [1.29, 1.82) is 0 Å². The lowest BCUT2D eigenvalue weighted by Gasteiger charge is -2.16. The fourth-order valence-electron chi connectivity index (χ4n) is 2.17. The molecule has 0 bridgehead atoms. The third-order valence-corrected chi connectivity index (χ3v) is 3.18. The summed E-state index contributed by atoms with van der Waals surface area (Å²) in [5.41, 5.74) is 6.44. The average Bonchev–Trinajstić information content (AvgIpc) is 2.94. The van der Waals surface area contributed by atoms with E-state index >= 15 is 0 Å². The Morgan fingerprint density at radius 2 is 2.05 bits per heavy atom. The highest BCUT2D eigenvalue weighted by Crippen LogP contribution is 2.31. The number of aromatic nitrogens is 4. The summed E-state index contributed by atoms with van der Waals surface area (Å²) in [7, 11) is 0. The molecule has 1 unspecified atom stereocenters. The highest BCUT2D eigenvalue weighted by atomic mass is 16.8. The van der Waals surface area contributed by atoms with E-state index in [0.29, 0.717) is 11.2 Å². The average molecular weight is 277 g/mol. The van der Waals surface area contributed by atoms with Crippen LogP contribution in [0.1, 0.15) is 6.23 Å². The monoisotopic (exact) mass is 277 g/mol. The van der Waals surface area contributed by atoms with E-state index in [9.17, 15) is 10.2 Å². The van der Waals surface area contributed by atoms with Crippen LogP contribution in [0.25, 0.3) is 11.2 Å². The molecule has 1 fully saturated rings. The number of nitrogens with two attached hydrogens (primary N) is 1. The van der Waals surface area contributed by atoms with Crippen LogP contribution in [-0.2, 0) is 4.74 Å². The summed E-state index contributed by atoms with van der Waals surface area (Å²) in [6, 6.07) is 0. The van der Waals surface area contributed by atoms with Crippen LogP contribution in [-0.4, -0.2) is 59.8 Å². The largest absolute Gasteiger partial charge is 0.394 e. The van der Waals surface area contributed by atoms with Crippen LogP contribution in [0.4, 0.5) is 5.82 Å². The summed E-state index contributed by atoms with van der Waals surface area (Å²) in [6.07, 6.45) is -1.42. The standard InChI is InChI=1S/C10H13N5O4/c11-8-5-9(13-2-12-8)15(3-14-5)10-7(18)6(17)4(1-16)19-10/h2-4,6-7,10,16-18H,1H2,(H2,11,12,13)/t4-,6?,7+,10-/m1/s1/i1+1,2+1,3+1,4+1,5+1,6+1,7+1,8+1,9+1,10+1. The Morgan fingerprint density at radius 3 is 2.74 bits per heavy atom. The number of rotatable bonds is 2. The number of imidazole rings is 1. The Balaban J connectivity index is 2.04. The third-order valence-electron chi connectivity index (χ3n) is 3.18. The molecule has 9 nitrogen and oxygen atoms in total. The van der Waals surface area contributed by atoms with Crippen molar-refractivity contribution >= 4 is 17.0 Å². The molecule has 0 aliphatic carbocycles. The molecule has 19 heavy (non-hydrogen) atoms. The van der Waals surface area contributed by atoms with Crippen molar-refractivity contribution in [2.75, 3.05) is 12.3 Å². The molecule has 9 heteroatoms. The van der Waals surface area contributed by atoms with Gasteiger partial charge in [-0.1, -0.05) is 0 Å². The quantitative estimate of drug-likeness (QED) is 0.463. The molecule has 2 aromatic heterocycles. The van der Waals surface area contributed by atoms with Gasteiger partial charge in [-0.2, -0.15) is 0 Å². The van der Waals surface area contributed by atoms with Crippen LogP contribution in [0, 0.1) is 0 Å². The van der Waals surface area contributed by atoms with Crippen LogP contribution < -0.4 is 5.73 Å². The summed E-state index contributed by atoms with van der Waals surface area (Å²) in [5, 5.41) is 28.7. The molecule has 1 aliphatic heterocycles. The molecule has 3 heterocycles. The van der Waals surface area contributed by atoms with Crippen molar-refractivity contribution in [3.05, 3.63) is 12.7 Å². The van der Waals surface area contributed by atoms with E-state index < -0.39 is 31.1 Å². The van der Waals surface area contributed by atoms with Crippen LogP contribution in [0.3, 0.4) is 0 Å². The van der Waals surface area contributed by atoms with Crippen molar-refractivity contribution in [3.63, 3.8) is 0 Å². The van der Waals surface area contributed by atoms with Crippen LogP contribution >= 0.6 is 0 Å². The fraction of sp³-hybridized carbons (Fsp3) is 0.500. The number of ether oxygens (including phenoxy) is 1. The molecule has 2 aromatic rings. The van der Waals surface area contributed by atoms with Gasteiger partial charge in [-0.05, 0) is 0 Å². The number of hydrogen-bond acceptors (Lipinski definition) is 8. The zero-order chi connectivity index (χ0) is 13.6. The highest BCUT2D eigenvalue weighted by Gasteiger charge is 2.43. The minimum Gasteiger partial charge on any atom is -0.394 e. The van der Waals surface area contributed by atoms with Gasteiger partial charge in [-0.15, -0.1) is 0 Å². The van der Waals surface area contributed by atoms with Crippen molar-refractivity contribution in [2.24, 2.45) is 0 Å². The first-order valence-corrected chi connectivity index (χ1v) is 5.69. The van der Waals surface area contributed by atoms with Crippen molar-refractivity contribution in [2.45, 2.75) is 24.5 Å². The van der Waals surface area contributed by atoms with E-state index in [4.69, 9.17) is 15.6 Å². The molecule has 0 aromatic carbocycles. The second-order valence-electron chi connectivity index (χ2n) is 4.31. The van der Waals surface area contributed by atoms with Gasteiger partial charge >= 0.3 is 0 Å². The number of hydrogen-bond donors (Lipinski definition) is 4. The molecule has 5 N–H and O–H groups in total. The van der Waals surface area contributed by atoms with Gasteiger partial charge in [0.25, 0.3) is 0 Å². The lowest BCUT2D eigenvalue weighted by atomic mass is 11.1. The molecule has 0 spiro atoms. The summed E-state index contributed by atoms with van der Waals surface area (Å²) >= 11 is 0. The van der Waals surface area contributed by atoms with Crippen LogP contribution in [0.15, 0.2) is 12.7 Å². The molecule has 102 valence electrons. The van der Waals surface area contributed by atoms with Crippen LogP contribution in [0.5, 0.6) is 0 Å². The van der Waals surface area contributed by atoms with Gasteiger partial charge in [-0.3, -0.25) is 4.57 Å². The summed E-state index contributed by atoms with van der Waals surface area (Å²) in [6.45, 7) is -0.390. The number of aliphatic hydroxyl groups is 3. The third kappa shape index (κ3) is 1.75. The minimum atomic E-state index is -1.19. The van der Waals surface area contributed by atoms with Crippen molar-refractivity contribution in [3.8, 4) is 0 Å². The fourth-order valence-corrected chi connectivity index (χ4v) is 2.17. The Kier molecular flexibility index (Phi) is 2.82. The number of nitrogen functional groups attached to an aromatic ring is 1. The van der Waals surface area contributed by atoms with Crippen LogP contribution in [0.2, 0.25) is 0 Å².